The second kappa shape index (κ2) is 12.1. The predicted octanol–water partition coefficient (Wildman–Crippen LogP) is 3.74. The fourth-order valence-corrected chi connectivity index (χ4v) is 3.60. The van der Waals surface area contributed by atoms with Crippen molar-refractivity contribution in [2.24, 2.45) is 4.99 Å². The van der Waals surface area contributed by atoms with Crippen LogP contribution in [0.2, 0.25) is 5.02 Å². The highest BCUT2D eigenvalue weighted by Crippen LogP contribution is 2.25. The molecule has 1 aromatic heterocycles. The standard InChI is InChI=1S/C21H28ClN5O.HI/c1-23-21(25-13-3-5-16-7-9-18(28-2)10-8-16)26-17-11-14-27(15-17)20-19(22)6-4-12-24-20;/h4,6-10,12,17H,3,5,11,13-15H2,1-2H3,(H2,23,25,26);1H. The second-order valence-corrected chi connectivity index (χ2v) is 7.24. The van der Waals surface area contributed by atoms with E-state index in [0.29, 0.717) is 11.1 Å². The highest BCUT2D eigenvalue weighted by Gasteiger charge is 2.25. The molecule has 29 heavy (non-hydrogen) atoms. The Morgan fingerprint density at radius 3 is 2.79 bits per heavy atom. The van der Waals surface area contributed by atoms with Gasteiger partial charge in [-0.05, 0) is 49.1 Å². The quantitative estimate of drug-likeness (QED) is 0.248. The van der Waals surface area contributed by atoms with Crippen LogP contribution < -0.4 is 20.3 Å². The van der Waals surface area contributed by atoms with E-state index in [0.717, 1.165) is 56.4 Å². The average molecular weight is 530 g/mol. The third kappa shape index (κ3) is 6.92. The first-order valence-electron chi connectivity index (χ1n) is 9.65. The molecule has 1 aliphatic heterocycles. The van der Waals surface area contributed by atoms with Crippen molar-refractivity contribution < 1.29 is 4.74 Å². The molecule has 2 heterocycles. The van der Waals surface area contributed by atoms with Crippen LogP contribution in [0.5, 0.6) is 5.75 Å². The van der Waals surface area contributed by atoms with E-state index in [2.05, 4.69) is 37.6 Å². The first-order valence-corrected chi connectivity index (χ1v) is 10.0. The van der Waals surface area contributed by atoms with E-state index in [1.807, 2.05) is 24.3 Å². The molecule has 8 heteroatoms. The third-order valence-electron chi connectivity index (χ3n) is 4.89. The molecule has 3 rings (SSSR count). The Bertz CT molecular complexity index is 787. The lowest BCUT2D eigenvalue weighted by molar-refractivity contribution is 0.414. The van der Waals surface area contributed by atoms with Gasteiger partial charge in [-0.15, -0.1) is 24.0 Å². The Morgan fingerprint density at radius 1 is 1.31 bits per heavy atom. The van der Waals surface area contributed by atoms with Gasteiger partial charge in [0.1, 0.15) is 11.6 Å². The topological polar surface area (TPSA) is 61.8 Å². The maximum absolute atomic E-state index is 6.27. The summed E-state index contributed by atoms with van der Waals surface area (Å²) in [6.07, 6.45) is 4.86. The van der Waals surface area contributed by atoms with Crippen molar-refractivity contribution in [1.82, 2.24) is 15.6 Å². The smallest absolute Gasteiger partial charge is 0.191 e. The van der Waals surface area contributed by atoms with E-state index in [4.69, 9.17) is 16.3 Å². The number of nitrogens with zero attached hydrogens (tertiary/aromatic N) is 3. The first kappa shape index (κ1) is 23.5. The number of aliphatic imine (C=N–C) groups is 1. The normalized spacial score (nSPS) is 16.3. The minimum atomic E-state index is 0. The van der Waals surface area contributed by atoms with Crippen LogP contribution in [0.1, 0.15) is 18.4 Å². The van der Waals surface area contributed by atoms with Crippen molar-refractivity contribution in [3.05, 3.63) is 53.2 Å². The van der Waals surface area contributed by atoms with E-state index < -0.39 is 0 Å². The zero-order valence-corrected chi connectivity index (χ0v) is 20.0. The molecule has 1 unspecified atom stereocenters. The fourth-order valence-electron chi connectivity index (χ4n) is 3.36. The number of benzene rings is 1. The zero-order valence-electron chi connectivity index (χ0n) is 16.9. The summed E-state index contributed by atoms with van der Waals surface area (Å²) in [6, 6.07) is 12.3. The molecule has 6 nitrogen and oxygen atoms in total. The molecule has 1 fully saturated rings. The predicted molar refractivity (Wildman–Crippen MR) is 131 cm³/mol. The van der Waals surface area contributed by atoms with Gasteiger partial charge < -0.3 is 20.3 Å². The summed E-state index contributed by atoms with van der Waals surface area (Å²) in [5, 5.41) is 7.62. The molecule has 0 saturated carbocycles. The van der Waals surface area contributed by atoms with Crippen LogP contribution in [-0.4, -0.2) is 50.8 Å². The zero-order chi connectivity index (χ0) is 19.8. The molecule has 0 radical (unpaired) electrons. The van der Waals surface area contributed by atoms with E-state index in [1.165, 1.54) is 5.56 Å². The van der Waals surface area contributed by atoms with Crippen molar-refractivity contribution in [2.45, 2.75) is 25.3 Å². The number of aryl methyl sites for hydroxylation is 1. The van der Waals surface area contributed by atoms with Crippen LogP contribution >= 0.6 is 35.6 Å². The summed E-state index contributed by atoms with van der Waals surface area (Å²) in [6.45, 7) is 2.67. The fraction of sp³-hybridized carbons (Fsp3) is 0.429. The molecular weight excluding hydrogens is 501 g/mol. The summed E-state index contributed by atoms with van der Waals surface area (Å²) in [4.78, 5) is 11.0. The summed E-state index contributed by atoms with van der Waals surface area (Å²) in [5.74, 6) is 2.59. The summed E-state index contributed by atoms with van der Waals surface area (Å²) < 4.78 is 5.20. The van der Waals surface area contributed by atoms with Gasteiger partial charge in [0.05, 0.1) is 12.1 Å². The highest BCUT2D eigenvalue weighted by atomic mass is 127. The van der Waals surface area contributed by atoms with E-state index in [9.17, 15) is 0 Å². The summed E-state index contributed by atoms with van der Waals surface area (Å²) in [7, 11) is 3.49. The lowest BCUT2D eigenvalue weighted by atomic mass is 10.1. The van der Waals surface area contributed by atoms with Gasteiger partial charge in [0, 0.05) is 38.9 Å². The van der Waals surface area contributed by atoms with Crippen LogP contribution in [0.3, 0.4) is 0 Å². The van der Waals surface area contributed by atoms with Crippen LogP contribution in [-0.2, 0) is 6.42 Å². The lowest BCUT2D eigenvalue weighted by Gasteiger charge is -2.20. The van der Waals surface area contributed by atoms with Gasteiger partial charge in [0.15, 0.2) is 5.96 Å². The largest absolute Gasteiger partial charge is 0.497 e. The Labute approximate surface area is 195 Å². The first-order chi connectivity index (χ1) is 13.7. The third-order valence-corrected chi connectivity index (χ3v) is 5.18. The van der Waals surface area contributed by atoms with Gasteiger partial charge in [0.25, 0.3) is 0 Å². The van der Waals surface area contributed by atoms with Gasteiger partial charge in [0.2, 0.25) is 0 Å². The van der Waals surface area contributed by atoms with Gasteiger partial charge in [-0.25, -0.2) is 4.98 Å². The number of ether oxygens (including phenoxy) is 1. The number of methoxy groups -OCH3 is 1. The number of hydrogen-bond donors (Lipinski definition) is 2. The van der Waals surface area contributed by atoms with E-state index in [-0.39, 0.29) is 24.0 Å². The van der Waals surface area contributed by atoms with Crippen molar-refractivity contribution >= 4 is 47.4 Å². The van der Waals surface area contributed by atoms with Gasteiger partial charge in [-0.3, -0.25) is 4.99 Å². The lowest BCUT2D eigenvalue weighted by Crippen LogP contribution is -2.45. The van der Waals surface area contributed by atoms with E-state index >= 15 is 0 Å². The molecule has 1 saturated heterocycles. The number of pyridine rings is 1. The van der Waals surface area contributed by atoms with Gasteiger partial charge in [-0.1, -0.05) is 23.7 Å². The molecule has 2 N–H and O–H groups in total. The van der Waals surface area contributed by atoms with Crippen LogP contribution in [0.25, 0.3) is 0 Å². The summed E-state index contributed by atoms with van der Waals surface area (Å²) in [5.41, 5.74) is 1.31. The number of anilines is 1. The maximum Gasteiger partial charge on any atom is 0.191 e. The van der Waals surface area contributed by atoms with Crippen LogP contribution in [0.15, 0.2) is 47.6 Å². The molecule has 0 bridgehead atoms. The molecular formula is C21H29ClIN5O. The van der Waals surface area contributed by atoms with Crippen LogP contribution in [0.4, 0.5) is 5.82 Å². The van der Waals surface area contributed by atoms with Crippen molar-refractivity contribution in [3.63, 3.8) is 0 Å². The highest BCUT2D eigenvalue weighted by molar-refractivity contribution is 14.0. The Hall–Kier alpha value is -1.74. The average Bonchev–Trinajstić information content (AvgIpc) is 3.19. The summed E-state index contributed by atoms with van der Waals surface area (Å²) >= 11 is 6.27. The molecule has 158 valence electrons. The Morgan fingerprint density at radius 2 is 2.10 bits per heavy atom. The SMILES string of the molecule is CN=C(NCCCc1ccc(OC)cc1)NC1CCN(c2ncccc2Cl)C1.I. The second-order valence-electron chi connectivity index (χ2n) is 6.84. The Kier molecular flexibility index (Phi) is 9.80. The minimum absolute atomic E-state index is 0. The van der Waals surface area contributed by atoms with Crippen molar-refractivity contribution in [1.29, 1.82) is 0 Å². The number of halogens is 2. The van der Waals surface area contributed by atoms with Gasteiger partial charge in [-0.2, -0.15) is 0 Å². The monoisotopic (exact) mass is 529 g/mol. The maximum atomic E-state index is 6.27. The molecule has 2 aromatic rings. The number of hydrogen-bond acceptors (Lipinski definition) is 4. The molecule has 1 aliphatic rings. The van der Waals surface area contributed by atoms with E-state index in [1.54, 1.807) is 20.4 Å². The van der Waals surface area contributed by atoms with Crippen molar-refractivity contribution in [2.75, 3.05) is 38.7 Å². The number of rotatable bonds is 7. The van der Waals surface area contributed by atoms with Gasteiger partial charge >= 0.3 is 0 Å². The molecule has 1 aromatic carbocycles. The molecule has 0 spiro atoms. The Balaban J connectivity index is 0.00000300. The molecule has 0 amide bonds. The molecule has 1 atom stereocenters. The molecule has 0 aliphatic carbocycles. The minimum Gasteiger partial charge on any atom is -0.497 e. The van der Waals surface area contributed by atoms with Crippen molar-refractivity contribution in [3.8, 4) is 5.75 Å². The number of guanidine groups is 1. The number of aromatic nitrogens is 1. The number of nitrogens with one attached hydrogen (secondary N) is 2. The van der Waals surface area contributed by atoms with Crippen LogP contribution in [0, 0.1) is 0 Å².